The Morgan fingerprint density at radius 3 is 2.69 bits per heavy atom. The maximum atomic E-state index is 12.3. The summed E-state index contributed by atoms with van der Waals surface area (Å²) in [4.78, 5) is 40.3. The highest BCUT2D eigenvalue weighted by molar-refractivity contribution is 5.91. The van der Waals surface area contributed by atoms with E-state index in [-0.39, 0.29) is 24.2 Å². The third-order valence-corrected chi connectivity index (χ3v) is 6.84. The Hall–Kier alpha value is -1.52. The van der Waals surface area contributed by atoms with E-state index in [9.17, 15) is 14.8 Å². The first-order chi connectivity index (χ1) is 12.2. The molecule has 0 aromatic carbocycles. The van der Waals surface area contributed by atoms with Crippen LogP contribution in [0.3, 0.4) is 0 Å². The number of hydrogen-bond donors (Lipinski definition) is 1. The molecule has 1 N–H and O–H groups in total. The zero-order valence-electron chi connectivity index (χ0n) is 14.6. The Morgan fingerprint density at radius 1 is 1.31 bits per heavy atom. The van der Waals surface area contributed by atoms with Crippen LogP contribution >= 0.6 is 0 Å². The third kappa shape index (κ3) is 1.60. The molecular formula is C17H20O9. The van der Waals surface area contributed by atoms with E-state index in [0.29, 0.717) is 0 Å². The van der Waals surface area contributed by atoms with E-state index < -0.39 is 52.8 Å². The van der Waals surface area contributed by atoms with Gasteiger partial charge >= 0.3 is 11.9 Å². The van der Waals surface area contributed by atoms with Crippen LogP contribution in [0.25, 0.3) is 0 Å². The summed E-state index contributed by atoms with van der Waals surface area (Å²) in [7, 11) is 0. The molecule has 5 fully saturated rings. The molecule has 3 aliphatic heterocycles. The van der Waals surface area contributed by atoms with Crippen LogP contribution in [-0.2, 0) is 38.5 Å². The zero-order chi connectivity index (χ0) is 18.6. The van der Waals surface area contributed by atoms with Crippen molar-refractivity contribution in [2.24, 2.45) is 11.8 Å². The largest absolute Gasteiger partial charge is 0.462 e. The topological polar surface area (TPSA) is 113 Å². The average Bonchev–Trinajstić information content (AvgIpc) is 3.23. The highest BCUT2D eigenvalue weighted by atomic mass is 17.2. The highest BCUT2D eigenvalue weighted by Crippen LogP contribution is 2.71. The van der Waals surface area contributed by atoms with Crippen molar-refractivity contribution in [3.63, 3.8) is 0 Å². The summed E-state index contributed by atoms with van der Waals surface area (Å²) < 4.78 is 16.9. The van der Waals surface area contributed by atoms with Gasteiger partial charge in [0.05, 0.1) is 11.8 Å². The fourth-order valence-corrected chi connectivity index (χ4v) is 5.72. The Morgan fingerprint density at radius 2 is 2.04 bits per heavy atom. The van der Waals surface area contributed by atoms with Gasteiger partial charge in [-0.15, -0.1) is 0 Å². The molecule has 3 heterocycles. The second-order valence-corrected chi connectivity index (χ2v) is 8.19. The second kappa shape index (κ2) is 4.66. The van der Waals surface area contributed by atoms with Gasteiger partial charge in [-0.05, 0) is 13.8 Å². The lowest BCUT2D eigenvalue weighted by Crippen LogP contribution is -2.61. The molecule has 5 rings (SSSR count). The van der Waals surface area contributed by atoms with E-state index in [1.807, 2.05) is 6.92 Å². The predicted molar refractivity (Wildman–Crippen MR) is 80.3 cm³/mol. The van der Waals surface area contributed by atoms with E-state index in [4.69, 9.17) is 28.9 Å². The van der Waals surface area contributed by atoms with Crippen LogP contribution in [0.15, 0.2) is 12.2 Å². The zero-order valence-corrected chi connectivity index (χ0v) is 14.6. The normalized spacial score (nSPS) is 56.3. The van der Waals surface area contributed by atoms with E-state index in [2.05, 4.69) is 6.58 Å². The maximum absolute atomic E-state index is 12.3. The SMILES string of the molecule is C=C1C(=O)O[C@H]2[C@H]1[C@@H](OC(C)=O)C[C@@](C)(OO)[C@]13OO[C@](C)([C@@H]4O[C@@H]41)[C@H]23. The molecule has 0 spiro atoms. The number of carbonyl (C=O) groups excluding carboxylic acids is 2. The minimum Gasteiger partial charge on any atom is -0.462 e. The van der Waals surface area contributed by atoms with Gasteiger partial charge < -0.3 is 14.2 Å². The summed E-state index contributed by atoms with van der Waals surface area (Å²) in [6.07, 6.45) is -2.05. The van der Waals surface area contributed by atoms with Crippen LogP contribution in [0, 0.1) is 11.8 Å². The number of hydrogen-bond acceptors (Lipinski definition) is 9. The summed E-state index contributed by atoms with van der Waals surface area (Å²) in [6.45, 7) is 8.61. The molecule has 2 aliphatic carbocycles. The van der Waals surface area contributed by atoms with Crippen molar-refractivity contribution in [1.29, 1.82) is 0 Å². The Labute approximate surface area is 149 Å². The Balaban J connectivity index is 1.69. The summed E-state index contributed by atoms with van der Waals surface area (Å²) >= 11 is 0. The van der Waals surface area contributed by atoms with E-state index >= 15 is 0 Å². The van der Waals surface area contributed by atoms with Crippen LogP contribution in [-0.4, -0.2) is 58.4 Å². The summed E-state index contributed by atoms with van der Waals surface area (Å²) in [6, 6.07) is 0. The van der Waals surface area contributed by atoms with Crippen molar-refractivity contribution in [3.8, 4) is 0 Å². The molecular weight excluding hydrogens is 348 g/mol. The fraction of sp³-hybridized carbons (Fsp3) is 0.765. The van der Waals surface area contributed by atoms with Gasteiger partial charge in [-0.3, -0.25) is 10.1 Å². The quantitative estimate of drug-likeness (QED) is 0.245. The van der Waals surface area contributed by atoms with Crippen molar-refractivity contribution in [1.82, 2.24) is 0 Å². The fourth-order valence-electron chi connectivity index (χ4n) is 5.72. The Kier molecular flexibility index (Phi) is 2.98. The highest BCUT2D eigenvalue weighted by Gasteiger charge is 2.91. The van der Waals surface area contributed by atoms with Crippen molar-refractivity contribution < 1.29 is 43.7 Å². The van der Waals surface area contributed by atoms with Crippen molar-refractivity contribution in [3.05, 3.63) is 12.2 Å². The van der Waals surface area contributed by atoms with Gasteiger partial charge in [0.1, 0.15) is 35.6 Å². The first-order valence-corrected chi connectivity index (χ1v) is 8.61. The van der Waals surface area contributed by atoms with Gasteiger partial charge in [-0.2, -0.15) is 0 Å². The predicted octanol–water partition coefficient (Wildman–Crippen LogP) is 0.524. The van der Waals surface area contributed by atoms with Crippen LogP contribution in [0.4, 0.5) is 0 Å². The van der Waals surface area contributed by atoms with Crippen LogP contribution in [0.5, 0.6) is 0 Å². The molecule has 9 heteroatoms. The van der Waals surface area contributed by atoms with Crippen molar-refractivity contribution >= 4 is 11.9 Å². The van der Waals surface area contributed by atoms with Crippen LogP contribution in [0.1, 0.15) is 27.2 Å². The van der Waals surface area contributed by atoms with Crippen LogP contribution in [0.2, 0.25) is 0 Å². The maximum Gasteiger partial charge on any atom is 0.334 e. The first-order valence-electron chi connectivity index (χ1n) is 8.61. The van der Waals surface area contributed by atoms with Gasteiger partial charge in [0, 0.05) is 18.9 Å². The second-order valence-electron chi connectivity index (χ2n) is 8.19. The third-order valence-electron chi connectivity index (χ3n) is 6.84. The Bertz CT molecular complexity index is 736. The molecule has 9 atom stereocenters. The lowest BCUT2D eigenvalue weighted by Gasteiger charge is -2.42. The summed E-state index contributed by atoms with van der Waals surface area (Å²) in [5.41, 5.74) is -3.18. The monoisotopic (exact) mass is 368 g/mol. The number of ether oxygens (including phenoxy) is 3. The molecule has 142 valence electrons. The first kappa shape index (κ1) is 16.6. The van der Waals surface area contributed by atoms with E-state index in [0.717, 1.165) is 0 Å². The number of esters is 2. The number of rotatable bonds is 2. The molecule has 0 unspecified atom stereocenters. The minimum atomic E-state index is -1.32. The van der Waals surface area contributed by atoms with Gasteiger partial charge in [0.15, 0.2) is 5.60 Å². The van der Waals surface area contributed by atoms with E-state index in [1.54, 1.807) is 6.92 Å². The van der Waals surface area contributed by atoms with Crippen molar-refractivity contribution in [2.75, 3.05) is 0 Å². The summed E-state index contributed by atoms with van der Waals surface area (Å²) in [5.74, 6) is -2.12. The number of carbonyl (C=O) groups is 2. The van der Waals surface area contributed by atoms with Crippen LogP contribution < -0.4 is 0 Å². The molecule has 2 bridgehead atoms. The molecule has 26 heavy (non-hydrogen) atoms. The van der Waals surface area contributed by atoms with Gasteiger partial charge in [-0.25, -0.2) is 19.5 Å². The molecule has 0 radical (unpaired) electrons. The molecule has 0 aromatic heterocycles. The summed E-state index contributed by atoms with van der Waals surface area (Å²) in [5, 5.41) is 9.83. The number of epoxide rings is 1. The standard InChI is InChI=1S/C17H20O9/c1-6-9-8(21-7(2)18)5-15(3,24-20)17-11(10(9)22-14(6)19)16(4,25-26-17)12-13(17)23-12/h8-13,20H,1,5H2,2-4H3/t8-,9+,10-,11-,12+,13-,15+,16-,17+/m0/s1. The minimum absolute atomic E-state index is 0.0580. The van der Waals surface area contributed by atoms with E-state index in [1.165, 1.54) is 6.92 Å². The molecule has 5 aliphatic rings. The molecule has 2 saturated carbocycles. The van der Waals surface area contributed by atoms with Gasteiger partial charge in [0.25, 0.3) is 0 Å². The average molecular weight is 368 g/mol. The lowest BCUT2D eigenvalue weighted by atomic mass is 9.70. The molecule has 0 aromatic rings. The van der Waals surface area contributed by atoms with Crippen molar-refractivity contribution in [2.45, 2.75) is 68.4 Å². The molecule has 3 saturated heterocycles. The molecule has 0 amide bonds. The molecule has 9 nitrogen and oxygen atoms in total. The number of fused-ring (bicyclic) bond motifs is 3. The smallest absolute Gasteiger partial charge is 0.334 e. The lowest BCUT2D eigenvalue weighted by molar-refractivity contribution is -0.430. The van der Waals surface area contributed by atoms with Gasteiger partial charge in [-0.1, -0.05) is 6.58 Å². The van der Waals surface area contributed by atoms with Gasteiger partial charge in [0.2, 0.25) is 0 Å².